The van der Waals surface area contributed by atoms with E-state index in [2.05, 4.69) is 16.5 Å². The largest absolute Gasteiger partial charge is 0.324 e. The van der Waals surface area contributed by atoms with Crippen LogP contribution in [0, 0.1) is 13.8 Å². The van der Waals surface area contributed by atoms with Gasteiger partial charge >= 0.3 is 0 Å². The molecule has 1 aromatic heterocycles. The van der Waals surface area contributed by atoms with Gasteiger partial charge in [-0.3, -0.25) is 9.48 Å². The van der Waals surface area contributed by atoms with Crippen LogP contribution in [0.4, 0.5) is 5.69 Å². The van der Waals surface area contributed by atoms with Crippen LogP contribution in [-0.4, -0.2) is 15.7 Å². The maximum atomic E-state index is 12.3. The van der Waals surface area contributed by atoms with Crippen molar-refractivity contribution >= 4 is 11.6 Å². The SMILES string of the molecule is Cc1ccc(C)c(NC(=O)Cn2cc3c(n2)CCCCC3)c1. The van der Waals surface area contributed by atoms with Crippen LogP contribution in [0.15, 0.2) is 24.4 Å². The Hall–Kier alpha value is -2.10. The van der Waals surface area contributed by atoms with Gasteiger partial charge in [-0.05, 0) is 62.3 Å². The zero-order valence-electron chi connectivity index (χ0n) is 13.4. The summed E-state index contributed by atoms with van der Waals surface area (Å²) in [6.45, 7) is 4.31. The Kier molecular flexibility index (Phi) is 4.27. The number of nitrogens with zero attached hydrogens (tertiary/aromatic N) is 2. The molecule has 0 saturated carbocycles. The molecule has 0 spiro atoms. The second-order valence-electron chi connectivity index (χ2n) is 6.23. The minimum atomic E-state index is -0.0219. The lowest BCUT2D eigenvalue weighted by Crippen LogP contribution is -2.19. The molecule has 0 radical (unpaired) electrons. The third kappa shape index (κ3) is 3.38. The molecule has 1 aromatic carbocycles. The highest BCUT2D eigenvalue weighted by molar-refractivity contribution is 5.91. The summed E-state index contributed by atoms with van der Waals surface area (Å²) >= 11 is 0. The Morgan fingerprint density at radius 2 is 2.05 bits per heavy atom. The van der Waals surface area contributed by atoms with Crippen LogP contribution in [0.25, 0.3) is 0 Å². The van der Waals surface area contributed by atoms with Crippen LogP contribution in [0.1, 0.15) is 41.6 Å². The van der Waals surface area contributed by atoms with Crippen LogP contribution in [0.5, 0.6) is 0 Å². The Labute approximate surface area is 131 Å². The fourth-order valence-electron chi connectivity index (χ4n) is 2.99. The minimum absolute atomic E-state index is 0.0219. The molecule has 0 bridgehead atoms. The van der Waals surface area contributed by atoms with Gasteiger partial charge in [0, 0.05) is 11.9 Å². The molecular weight excluding hydrogens is 274 g/mol. The molecule has 1 aliphatic carbocycles. The van der Waals surface area contributed by atoms with Gasteiger partial charge in [-0.25, -0.2) is 0 Å². The summed E-state index contributed by atoms with van der Waals surface area (Å²) in [5, 5.41) is 7.58. The van der Waals surface area contributed by atoms with E-state index in [1.807, 2.05) is 32.2 Å². The first-order valence-corrected chi connectivity index (χ1v) is 8.04. The summed E-state index contributed by atoms with van der Waals surface area (Å²) in [6.07, 6.45) is 7.90. The van der Waals surface area contributed by atoms with Gasteiger partial charge in [0.15, 0.2) is 0 Å². The second-order valence-corrected chi connectivity index (χ2v) is 6.23. The molecule has 4 heteroatoms. The highest BCUT2D eigenvalue weighted by Gasteiger charge is 2.14. The molecule has 1 aliphatic rings. The van der Waals surface area contributed by atoms with Gasteiger partial charge in [0.2, 0.25) is 5.91 Å². The van der Waals surface area contributed by atoms with E-state index in [0.29, 0.717) is 0 Å². The number of rotatable bonds is 3. The van der Waals surface area contributed by atoms with Crippen LogP contribution in [0.3, 0.4) is 0 Å². The average Bonchev–Trinajstić information content (AvgIpc) is 2.71. The van der Waals surface area contributed by atoms with Crippen molar-refractivity contribution in [3.63, 3.8) is 0 Å². The molecule has 0 aliphatic heterocycles. The van der Waals surface area contributed by atoms with Crippen molar-refractivity contribution < 1.29 is 4.79 Å². The molecule has 0 saturated heterocycles. The van der Waals surface area contributed by atoms with Gasteiger partial charge in [-0.15, -0.1) is 0 Å². The van der Waals surface area contributed by atoms with Crippen molar-refractivity contribution in [1.29, 1.82) is 0 Å². The number of nitrogens with one attached hydrogen (secondary N) is 1. The first-order chi connectivity index (χ1) is 10.6. The van der Waals surface area contributed by atoms with Gasteiger partial charge in [-0.1, -0.05) is 18.6 Å². The minimum Gasteiger partial charge on any atom is -0.324 e. The summed E-state index contributed by atoms with van der Waals surface area (Å²) in [5.41, 5.74) is 5.61. The first-order valence-electron chi connectivity index (χ1n) is 8.04. The first kappa shape index (κ1) is 14.8. The average molecular weight is 297 g/mol. The number of anilines is 1. The van der Waals surface area contributed by atoms with E-state index in [4.69, 9.17) is 0 Å². The topological polar surface area (TPSA) is 46.9 Å². The number of amides is 1. The number of carbonyl (C=O) groups excluding carboxylic acids is 1. The third-order valence-electron chi connectivity index (χ3n) is 4.26. The van der Waals surface area contributed by atoms with E-state index in [0.717, 1.165) is 29.7 Å². The molecule has 2 aromatic rings. The van der Waals surface area contributed by atoms with Gasteiger partial charge < -0.3 is 5.32 Å². The van der Waals surface area contributed by atoms with E-state index in [1.54, 1.807) is 4.68 Å². The Morgan fingerprint density at radius 1 is 1.23 bits per heavy atom. The fourth-order valence-corrected chi connectivity index (χ4v) is 2.99. The van der Waals surface area contributed by atoms with Crippen molar-refractivity contribution in [3.8, 4) is 0 Å². The molecule has 1 amide bonds. The Morgan fingerprint density at radius 3 is 2.91 bits per heavy atom. The normalized spacial score (nSPS) is 14.3. The third-order valence-corrected chi connectivity index (χ3v) is 4.26. The molecule has 0 unspecified atom stereocenters. The fraction of sp³-hybridized carbons (Fsp3) is 0.444. The van der Waals surface area contributed by atoms with Crippen LogP contribution < -0.4 is 5.32 Å². The molecule has 3 rings (SSSR count). The number of hydrogen-bond donors (Lipinski definition) is 1. The predicted octanol–water partition coefficient (Wildman–Crippen LogP) is 3.41. The molecule has 22 heavy (non-hydrogen) atoms. The van der Waals surface area contributed by atoms with E-state index in [1.165, 1.54) is 30.5 Å². The van der Waals surface area contributed by atoms with Gasteiger partial charge in [0.1, 0.15) is 6.54 Å². The molecule has 0 atom stereocenters. The highest BCUT2D eigenvalue weighted by atomic mass is 16.2. The standard InChI is InChI=1S/C18H23N3O/c1-13-8-9-14(2)17(10-13)19-18(22)12-21-11-15-6-4-3-5-7-16(15)20-21/h8-11H,3-7,12H2,1-2H3,(H,19,22). The summed E-state index contributed by atoms with van der Waals surface area (Å²) in [4.78, 5) is 12.3. The van der Waals surface area contributed by atoms with Crippen molar-refractivity contribution in [3.05, 3.63) is 46.8 Å². The maximum Gasteiger partial charge on any atom is 0.246 e. The second kappa shape index (κ2) is 6.34. The van der Waals surface area contributed by atoms with Crippen molar-refractivity contribution in [2.24, 2.45) is 0 Å². The van der Waals surface area contributed by atoms with Crippen molar-refractivity contribution in [2.75, 3.05) is 5.32 Å². The van der Waals surface area contributed by atoms with Gasteiger partial charge in [0.05, 0.1) is 5.69 Å². The quantitative estimate of drug-likeness (QED) is 0.883. The van der Waals surface area contributed by atoms with Gasteiger partial charge in [-0.2, -0.15) is 5.10 Å². The highest BCUT2D eigenvalue weighted by Crippen LogP contribution is 2.19. The number of carbonyl (C=O) groups is 1. The Bertz CT molecular complexity index is 664. The number of aryl methyl sites for hydroxylation is 4. The van der Waals surface area contributed by atoms with Gasteiger partial charge in [0.25, 0.3) is 0 Å². The number of fused-ring (bicyclic) bond motifs is 1. The number of aromatic nitrogens is 2. The monoisotopic (exact) mass is 297 g/mol. The zero-order valence-corrected chi connectivity index (χ0v) is 13.4. The number of benzene rings is 1. The molecule has 1 N–H and O–H groups in total. The van der Waals surface area contributed by atoms with Crippen molar-refractivity contribution in [1.82, 2.24) is 9.78 Å². The van der Waals surface area contributed by atoms with E-state index in [9.17, 15) is 4.79 Å². The Balaban J connectivity index is 1.68. The lowest BCUT2D eigenvalue weighted by atomic mass is 10.1. The van der Waals surface area contributed by atoms with E-state index in [-0.39, 0.29) is 12.5 Å². The number of hydrogen-bond acceptors (Lipinski definition) is 2. The van der Waals surface area contributed by atoms with Crippen molar-refractivity contribution in [2.45, 2.75) is 52.5 Å². The van der Waals surface area contributed by atoms with Crippen LogP contribution >= 0.6 is 0 Å². The van der Waals surface area contributed by atoms with E-state index >= 15 is 0 Å². The molecule has 0 fully saturated rings. The summed E-state index contributed by atoms with van der Waals surface area (Å²) < 4.78 is 1.79. The molecule has 1 heterocycles. The summed E-state index contributed by atoms with van der Waals surface area (Å²) in [7, 11) is 0. The molecule has 4 nitrogen and oxygen atoms in total. The van der Waals surface area contributed by atoms with Crippen LogP contribution in [-0.2, 0) is 24.2 Å². The van der Waals surface area contributed by atoms with E-state index < -0.39 is 0 Å². The maximum absolute atomic E-state index is 12.3. The van der Waals surface area contributed by atoms with Crippen LogP contribution in [0.2, 0.25) is 0 Å². The molecular formula is C18H23N3O. The molecule has 116 valence electrons. The zero-order chi connectivity index (χ0) is 15.5. The lowest BCUT2D eigenvalue weighted by Gasteiger charge is -2.09. The lowest BCUT2D eigenvalue weighted by molar-refractivity contribution is -0.116. The summed E-state index contributed by atoms with van der Waals surface area (Å²) in [6, 6.07) is 6.09. The predicted molar refractivity (Wildman–Crippen MR) is 88.0 cm³/mol. The summed E-state index contributed by atoms with van der Waals surface area (Å²) in [5.74, 6) is -0.0219. The smallest absolute Gasteiger partial charge is 0.246 e.